The summed E-state index contributed by atoms with van der Waals surface area (Å²) in [6.07, 6.45) is 0. The van der Waals surface area contributed by atoms with Gasteiger partial charge in [0.25, 0.3) is 0 Å². The topological polar surface area (TPSA) is 66.9 Å². The molecule has 0 fully saturated rings. The zero-order chi connectivity index (χ0) is 14.0. The van der Waals surface area contributed by atoms with Crippen LogP contribution in [-0.4, -0.2) is 28.9 Å². The Labute approximate surface area is 113 Å². The maximum Gasteiger partial charge on any atom is 0.227 e. The Bertz CT molecular complexity index is 420. The molecule has 0 aliphatic rings. The molecule has 1 heterocycles. The molecule has 0 atom stereocenters. The highest BCUT2D eigenvalue weighted by Crippen LogP contribution is 2.24. The van der Waals surface area contributed by atoms with Crippen LogP contribution < -0.4 is 10.6 Å². The molecule has 6 heteroatoms. The summed E-state index contributed by atoms with van der Waals surface area (Å²) >= 11 is 1.33. The van der Waals surface area contributed by atoms with Gasteiger partial charge in [0.15, 0.2) is 0 Å². The number of hydrogen-bond acceptors (Lipinski definition) is 5. The molecule has 0 aliphatic carbocycles. The number of nitrogens with zero attached hydrogens (tertiary/aromatic N) is 2. The zero-order valence-electron chi connectivity index (χ0n) is 11.9. The van der Waals surface area contributed by atoms with Crippen LogP contribution in [0, 0.1) is 5.41 Å². The lowest BCUT2D eigenvalue weighted by Crippen LogP contribution is -2.39. The van der Waals surface area contributed by atoms with Gasteiger partial charge in [0.1, 0.15) is 5.82 Å². The minimum Gasteiger partial charge on any atom is -0.359 e. The fourth-order valence-electron chi connectivity index (χ4n) is 1.32. The Morgan fingerprint density at radius 1 is 1.28 bits per heavy atom. The average Bonchev–Trinajstić information content (AvgIpc) is 2.73. The van der Waals surface area contributed by atoms with Crippen LogP contribution in [0.5, 0.6) is 0 Å². The van der Waals surface area contributed by atoms with E-state index in [9.17, 15) is 4.79 Å². The number of hydrogen-bond donors (Lipinski definition) is 2. The van der Waals surface area contributed by atoms with Crippen LogP contribution in [0.4, 0.5) is 5.13 Å². The standard InChI is InChI=1S/C12H22N4OS/c1-11(2,3)8-15-10(18-16-8)14-7-12(4,5)9(17)13-6/h7H2,1-6H3,(H,13,17)(H,14,15,16). The van der Waals surface area contributed by atoms with Gasteiger partial charge in [0, 0.05) is 30.5 Å². The molecular formula is C12H22N4OS. The first-order valence-corrected chi connectivity index (χ1v) is 6.74. The third kappa shape index (κ3) is 3.66. The van der Waals surface area contributed by atoms with Gasteiger partial charge < -0.3 is 10.6 Å². The predicted molar refractivity (Wildman–Crippen MR) is 74.9 cm³/mol. The van der Waals surface area contributed by atoms with Crippen LogP contribution in [0.25, 0.3) is 0 Å². The second-order valence-electron chi connectivity index (χ2n) is 5.99. The van der Waals surface area contributed by atoms with Gasteiger partial charge in [-0.1, -0.05) is 20.8 Å². The number of carbonyl (C=O) groups is 1. The Morgan fingerprint density at radius 2 is 1.89 bits per heavy atom. The molecule has 0 aliphatic heterocycles. The van der Waals surface area contributed by atoms with E-state index in [0.717, 1.165) is 11.0 Å². The molecule has 18 heavy (non-hydrogen) atoms. The van der Waals surface area contributed by atoms with E-state index in [0.29, 0.717) is 6.54 Å². The van der Waals surface area contributed by atoms with Crippen molar-refractivity contribution >= 4 is 22.6 Å². The molecule has 0 saturated carbocycles. The molecule has 0 spiro atoms. The molecule has 0 saturated heterocycles. The van der Waals surface area contributed by atoms with Crippen molar-refractivity contribution < 1.29 is 4.79 Å². The summed E-state index contributed by atoms with van der Waals surface area (Å²) in [5.74, 6) is 0.836. The highest BCUT2D eigenvalue weighted by atomic mass is 32.1. The number of nitrogens with one attached hydrogen (secondary N) is 2. The van der Waals surface area contributed by atoms with Crippen molar-refractivity contribution in [1.82, 2.24) is 14.7 Å². The highest BCUT2D eigenvalue weighted by molar-refractivity contribution is 7.09. The maximum atomic E-state index is 11.6. The monoisotopic (exact) mass is 270 g/mol. The van der Waals surface area contributed by atoms with E-state index in [1.807, 2.05) is 13.8 Å². The lowest BCUT2D eigenvalue weighted by molar-refractivity contribution is -0.128. The average molecular weight is 270 g/mol. The Morgan fingerprint density at radius 3 is 2.33 bits per heavy atom. The lowest BCUT2D eigenvalue weighted by Gasteiger charge is -2.22. The van der Waals surface area contributed by atoms with Crippen LogP contribution in [0.1, 0.15) is 40.4 Å². The van der Waals surface area contributed by atoms with Gasteiger partial charge in [0.2, 0.25) is 11.0 Å². The van der Waals surface area contributed by atoms with E-state index in [2.05, 4.69) is 40.8 Å². The number of anilines is 1. The molecular weight excluding hydrogens is 248 g/mol. The molecule has 0 radical (unpaired) electrons. The summed E-state index contributed by atoms with van der Waals surface area (Å²) in [6, 6.07) is 0. The largest absolute Gasteiger partial charge is 0.359 e. The number of amides is 1. The molecule has 1 amide bonds. The SMILES string of the molecule is CNC(=O)C(C)(C)CNc1nc(C(C)(C)C)ns1. The normalized spacial score (nSPS) is 12.3. The van der Waals surface area contributed by atoms with Crippen molar-refractivity contribution in [3.05, 3.63) is 5.82 Å². The van der Waals surface area contributed by atoms with Crippen LogP contribution in [0.15, 0.2) is 0 Å². The first-order valence-electron chi connectivity index (χ1n) is 5.97. The Balaban J connectivity index is 2.65. The molecule has 2 N–H and O–H groups in total. The zero-order valence-corrected chi connectivity index (χ0v) is 12.7. The second kappa shape index (κ2) is 5.22. The van der Waals surface area contributed by atoms with Gasteiger partial charge in [-0.3, -0.25) is 4.79 Å². The number of rotatable bonds is 4. The Kier molecular flexibility index (Phi) is 4.32. The van der Waals surface area contributed by atoms with Crippen LogP contribution in [-0.2, 0) is 10.2 Å². The summed E-state index contributed by atoms with van der Waals surface area (Å²) in [4.78, 5) is 16.1. The van der Waals surface area contributed by atoms with Gasteiger partial charge in [0.05, 0.1) is 5.41 Å². The van der Waals surface area contributed by atoms with E-state index in [1.165, 1.54) is 11.5 Å². The first-order chi connectivity index (χ1) is 8.16. The minimum atomic E-state index is -0.470. The van der Waals surface area contributed by atoms with E-state index in [-0.39, 0.29) is 11.3 Å². The van der Waals surface area contributed by atoms with Crippen LogP contribution in [0.3, 0.4) is 0 Å². The summed E-state index contributed by atoms with van der Waals surface area (Å²) < 4.78 is 4.32. The van der Waals surface area contributed by atoms with Crippen LogP contribution >= 0.6 is 11.5 Å². The van der Waals surface area contributed by atoms with Crippen molar-refractivity contribution in [2.75, 3.05) is 18.9 Å². The molecule has 102 valence electrons. The third-order valence-electron chi connectivity index (χ3n) is 2.62. The van der Waals surface area contributed by atoms with Gasteiger partial charge in [-0.15, -0.1) is 0 Å². The van der Waals surface area contributed by atoms with Gasteiger partial charge in [-0.05, 0) is 13.8 Å². The van der Waals surface area contributed by atoms with Gasteiger partial charge in [-0.2, -0.15) is 4.37 Å². The number of carbonyl (C=O) groups excluding carboxylic acids is 1. The fraction of sp³-hybridized carbons (Fsp3) is 0.750. The van der Waals surface area contributed by atoms with Crippen molar-refractivity contribution in [2.45, 2.75) is 40.0 Å². The summed E-state index contributed by atoms with van der Waals surface area (Å²) in [7, 11) is 1.65. The molecule has 0 aromatic carbocycles. The summed E-state index contributed by atoms with van der Waals surface area (Å²) in [6.45, 7) is 10.6. The second-order valence-corrected chi connectivity index (χ2v) is 6.74. The molecule has 1 aromatic heterocycles. The predicted octanol–water partition coefficient (Wildman–Crippen LogP) is 2.02. The third-order valence-corrected chi connectivity index (χ3v) is 3.29. The van der Waals surface area contributed by atoms with Crippen molar-refractivity contribution in [1.29, 1.82) is 0 Å². The van der Waals surface area contributed by atoms with Crippen molar-refractivity contribution in [2.24, 2.45) is 5.41 Å². The van der Waals surface area contributed by atoms with E-state index in [1.54, 1.807) is 7.05 Å². The van der Waals surface area contributed by atoms with E-state index >= 15 is 0 Å². The quantitative estimate of drug-likeness (QED) is 0.878. The smallest absolute Gasteiger partial charge is 0.227 e. The number of aromatic nitrogens is 2. The van der Waals surface area contributed by atoms with Crippen molar-refractivity contribution in [3.8, 4) is 0 Å². The molecule has 1 rings (SSSR count). The fourth-order valence-corrected chi connectivity index (χ4v) is 2.07. The maximum absolute atomic E-state index is 11.6. The molecule has 5 nitrogen and oxygen atoms in total. The van der Waals surface area contributed by atoms with Gasteiger partial charge >= 0.3 is 0 Å². The Hall–Kier alpha value is -1.17. The minimum absolute atomic E-state index is 0.00978. The van der Waals surface area contributed by atoms with Crippen molar-refractivity contribution in [3.63, 3.8) is 0 Å². The van der Waals surface area contributed by atoms with E-state index in [4.69, 9.17) is 0 Å². The molecule has 0 unspecified atom stereocenters. The summed E-state index contributed by atoms with van der Waals surface area (Å²) in [5, 5.41) is 6.60. The van der Waals surface area contributed by atoms with Crippen LogP contribution in [0.2, 0.25) is 0 Å². The lowest BCUT2D eigenvalue weighted by atomic mass is 9.92. The summed E-state index contributed by atoms with van der Waals surface area (Å²) in [5.41, 5.74) is -0.519. The van der Waals surface area contributed by atoms with E-state index < -0.39 is 5.41 Å². The first kappa shape index (κ1) is 14.9. The molecule has 1 aromatic rings. The molecule has 0 bridgehead atoms. The highest BCUT2D eigenvalue weighted by Gasteiger charge is 2.27. The van der Waals surface area contributed by atoms with Gasteiger partial charge in [-0.25, -0.2) is 4.98 Å².